The molecule has 6 nitrogen and oxygen atoms in total. The predicted octanol–water partition coefficient (Wildman–Crippen LogP) is 8.30. The smallest absolute Gasteiger partial charge is 0.271 e. The van der Waals surface area contributed by atoms with Crippen molar-refractivity contribution < 1.29 is 14.3 Å². The lowest BCUT2D eigenvalue weighted by molar-refractivity contribution is 0.0955. The topological polar surface area (TPSA) is 64.9 Å². The monoisotopic (exact) mass is 633 g/mol. The number of nitrogens with zero attached hydrogens (tertiary/aromatic N) is 2. The zero-order valence-corrected chi connectivity index (χ0v) is 25.7. The Morgan fingerprint density at radius 1 is 0.977 bits per heavy atom. The van der Waals surface area contributed by atoms with Crippen molar-refractivity contribution in [2.45, 2.75) is 20.0 Å². The quantitative estimate of drug-likeness (QED) is 0.0904. The van der Waals surface area contributed by atoms with Gasteiger partial charge in [-0.15, -0.1) is 6.58 Å². The second-order valence-corrected chi connectivity index (χ2v) is 10.8. The van der Waals surface area contributed by atoms with Crippen LogP contribution < -0.4 is 14.9 Å². The minimum atomic E-state index is -0.303. The number of hydrogen-bond donors (Lipinski definition) is 1. The van der Waals surface area contributed by atoms with E-state index in [1.54, 1.807) is 25.5 Å². The van der Waals surface area contributed by atoms with Crippen LogP contribution >= 0.6 is 15.9 Å². The fourth-order valence-corrected chi connectivity index (χ4v) is 5.09. The molecule has 0 aliphatic heterocycles. The highest BCUT2D eigenvalue weighted by atomic mass is 79.9. The molecule has 5 aromatic rings. The first-order chi connectivity index (χ1) is 21.0. The van der Waals surface area contributed by atoms with Crippen molar-refractivity contribution in [3.63, 3.8) is 0 Å². The highest BCUT2D eigenvalue weighted by Crippen LogP contribution is 2.34. The van der Waals surface area contributed by atoms with Crippen LogP contribution in [0.2, 0.25) is 0 Å². The molecular formula is C36H32BrN3O3. The van der Waals surface area contributed by atoms with Gasteiger partial charge in [0.15, 0.2) is 11.5 Å². The highest BCUT2D eigenvalue weighted by Gasteiger charge is 2.14. The number of carbonyl (C=O) groups is 1. The first-order valence-electron chi connectivity index (χ1n) is 13.8. The lowest BCUT2D eigenvalue weighted by atomic mass is 10.1. The molecule has 1 aromatic heterocycles. The Morgan fingerprint density at radius 2 is 1.72 bits per heavy atom. The maximum Gasteiger partial charge on any atom is 0.271 e. The Morgan fingerprint density at radius 3 is 2.42 bits per heavy atom. The number of methoxy groups -OCH3 is 1. The number of aromatic nitrogens is 1. The van der Waals surface area contributed by atoms with E-state index in [0.29, 0.717) is 30.1 Å². The number of hydrogen-bond acceptors (Lipinski definition) is 4. The van der Waals surface area contributed by atoms with E-state index in [1.807, 2.05) is 72.8 Å². The molecule has 0 aliphatic carbocycles. The van der Waals surface area contributed by atoms with Gasteiger partial charge >= 0.3 is 0 Å². The Kier molecular flexibility index (Phi) is 9.54. The van der Waals surface area contributed by atoms with Gasteiger partial charge < -0.3 is 14.0 Å². The summed E-state index contributed by atoms with van der Waals surface area (Å²) in [5.74, 6) is 0.929. The summed E-state index contributed by atoms with van der Waals surface area (Å²) in [6, 6.07) is 33.7. The third-order valence-electron chi connectivity index (χ3n) is 6.95. The van der Waals surface area contributed by atoms with Crippen LogP contribution in [-0.4, -0.2) is 23.8 Å². The SMILES string of the molecule is C=CCc1cc(/C=N/NC(=O)c2ccc(-n3c(C)ccc3-c3ccccc3)cc2)cc(OC)c1OCc1ccc(Br)cc1. The van der Waals surface area contributed by atoms with Crippen LogP contribution in [0.4, 0.5) is 0 Å². The molecular weight excluding hydrogens is 602 g/mol. The molecule has 7 heteroatoms. The van der Waals surface area contributed by atoms with Gasteiger partial charge in [0.05, 0.1) is 19.0 Å². The number of nitrogens with one attached hydrogen (secondary N) is 1. The summed E-state index contributed by atoms with van der Waals surface area (Å²) in [6.07, 6.45) is 3.99. The second-order valence-electron chi connectivity index (χ2n) is 9.93. The van der Waals surface area contributed by atoms with Crippen LogP contribution in [0, 0.1) is 6.92 Å². The van der Waals surface area contributed by atoms with Crippen LogP contribution in [0.15, 0.2) is 125 Å². The zero-order chi connectivity index (χ0) is 30.2. The van der Waals surface area contributed by atoms with Gasteiger partial charge in [0.2, 0.25) is 0 Å². The average Bonchev–Trinajstić information content (AvgIpc) is 3.42. The van der Waals surface area contributed by atoms with Crippen LogP contribution in [-0.2, 0) is 13.0 Å². The summed E-state index contributed by atoms with van der Waals surface area (Å²) >= 11 is 3.46. The number of hydrazone groups is 1. The fourth-order valence-electron chi connectivity index (χ4n) is 4.82. The van der Waals surface area contributed by atoms with Gasteiger partial charge in [-0.25, -0.2) is 5.43 Å². The molecule has 0 bridgehead atoms. The van der Waals surface area contributed by atoms with Gasteiger partial charge in [-0.3, -0.25) is 4.79 Å². The van der Waals surface area contributed by atoms with Crippen LogP contribution in [0.25, 0.3) is 16.9 Å². The molecule has 4 aromatic carbocycles. The van der Waals surface area contributed by atoms with E-state index in [-0.39, 0.29) is 5.91 Å². The van der Waals surface area contributed by atoms with Gasteiger partial charge in [-0.1, -0.05) is 64.5 Å². The summed E-state index contributed by atoms with van der Waals surface area (Å²) in [6.45, 7) is 6.35. The summed E-state index contributed by atoms with van der Waals surface area (Å²) in [7, 11) is 1.60. The van der Waals surface area contributed by atoms with Crippen molar-refractivity contribution in [3.8, 4) is 28.4 Å². The lowest BCUT2D eigenvalue weighted by Crippen LogP contribution is -2.17. The number of ether oxygens (including phenoxy) is 2. The summed E-state index contributed by atoms with van der Waals surface area (Å²) in [5, 5.41) is 4.21. The maximum atomic E-state index is 12.9. The van der Waals surface area contributed by atoms with Gasteiger partial charge in [0.1, 0.15) is 6.61 Å². The van der Waals surface area contributed by atoms with Crippen molar-refractivity contribution >= 4 is 28.1 Å². The molecule has 1 N–H and O–H groups in total. The Hall–Kier alpha value is -4.88. The molecule has 1 heterocycles. The van der Waals surface area contributed by atoms with E-state index in [4.69, 9.17) is 9.47 Å². The van der Waals surface area contributed by atoms with E-state index in [9.17, 15) is 4.79 Å². The number of allylic oxidation sites excluding steroid dienone is 1. The average molecular weight is 635 g/mol. The number of benzene rings is 4. The van der Waals surface area contributed by atoms with Gasteiger partial charge in [-0.05, 0) is 90.7 Å². The number of aryl methyl sites for hydroxylation is 1. The number of amides is 1. The third kappa shape index (κ3) is 7.13. The fraction of sp³-hybridized carbons (Fsp3) is 0.111. The Labute approximate surface area is 260 Å². The van der Waals surface area contributed by atoms with Crippen LogP contribution in [0.5, 0.6) is 11.5 Å². The molecule has 0 saturated carbocycles. The molecule has 43 heavy (non-hydrogen) atoms. The van der Waals surface area contributed by atoms with Gasteiger partial charge in [-0.2, -0.15) is 5.10 Å². The maximum absolute atomic E-state index is 12.9. The molecule has 5 rings (SSSR count). The van der Waals surface area contributed by atoms with E-state index >= 15 is 0 Å². The van der Waals surface area contributed by atoms with Crippen molar-refractivity contribution in [2.24, 2.45) is 5.10 Å². The first-order valence-corrected chi connectivity index (χ1v) is 14.6. The van der Waals surface area contributed by atoms with E-state index in [2.05, 4.69) is 68.8 Å². The molecule has 0 aliphatic rings. The minimum absolute atomic E-state index is 0.303. The van der Waals surface area contributed by atoms with Crippen molar-refractivity contribution in [2.75, 3.05) is 7.11 Å². The molecule has 1 amide bonds. The molecule has 0 radical (unpaired) electrons. The second kappa shape index (κ2) is 13.9. The largest absolute Gasteiger partial charge is 0.493 e. The van der Waals surface area contributed by atoms with E-state index in [0.717, 1.165) is 43.8 Å². The van der Waals surface area contributed by atoms with Crippen molar-refractivity contribution in [1.82, 2.24) is 9.99 Å². The third-order valence-corrected chi connectivity index (χ3v) is 7.48. The molecule has 0 atom stereocenters. The predicted molar refractivity (Wildman–Crippen MR) is 176 cm³/mol. The highest BCUT2D eigenvalue weighted by molar-refractivity contribution is 9.10. The van der Waals surface area contributed by atoms with Crippen LogP contribution in [0.1, 0.15) is 32.7 Å². The Balaban J connectivity index is 1.28. The summed E-state index contributed by atoms with van der Waals surface area (Å²) < 4.78 is 15.0. The molecule has 0 spiro atoms. The zero-order valence-electron chi connectivity index (χ0n) is 24.1. The standard InChI is InChI=1S/C36H32BrN3O3/c1-4-8-30-21-27(22-34(42-3)35(30)43-24-26-12-16-31(37)17-13-26)23-38-39-36(41)29-14-18-32(19-15-29)40-25(2)11-20-33(40)28-9-6-5-7-10-28/h4-7,9-23H,1,8,24H2,2-3H3,(H,39,41)/b38-23+. The van der Waals surface area contributed by atoms with E-state index in [1.165, 1.54) is 0 Å². The van der Waals surface area contributed by atoms with E-state index < -0.39 is 0 Å². The summed E-state index contributed by atoms with van der Waals surface area (Å²) in [4.78, 5) is 12.9. The first kappa shape index (κ1) is 29.6. The number of rotatable bonds is 11. The molecule has 0 fully saturated rings. The van der Waals surface area contributed by atoms with Gasteiger partial charge in [0.25, 0.3) is 5.91 Å². The molecule has 0 saturated heterocycles. The van der Waals surface area contributed by atoms with Crippen LogP contribution in [0.3, 0.4) is 0 Å². The Bertz CT molecular complexity index is 1740. The summed E-state index contributed by atoms with van der Waals surface area (Å²) in [5.41, 5.74) is 10.2. The molecule has 0 unspecified atom stereocenters. The van der Waals surface area contributed by atoms with Crippen molar-refractivity contribution in [1.29, 1.82) is 0 Å². The number of carbonyl (C=O) groups excluding carboxylic acids is 1. The van der Waals surface area contributed by atoms with Crippen molar-refractivity contribution in [3.05, 3.63) is 148 Å². The minimum Gasteiger partial charge on any atom is -0.493 e. The van der Waals surface area contributed by atoms with Gasteiger partial charge in [0, 0.05) is 27.0 Å². The normalized spacial score (nSPS) is 11.0. The lowest BCUT2D eigenvalue weighted by Gasteiger charge is -2.16. The number of halogens is 1. The molecule has 216 valence electrons.